The SMILES string of the molecule is CCNC(c1ccc(Cl)c(Cl)c1)c1sc(C)cc1C. The van der Waals surface area contributed by atoms with Crippen molar-refractivity contribution in [3.63, 3.8) is 0 Å². The third kappa shape index (κ3) is 3.32. The van der Waals surface area contributed by atoms with Crippen molar-refractivity contribution in [2.45, 2.75) is 26.8 Å². The lowest BCUT2D eigenvalue weighted by Crippen LogP contribution is -2.21. The van der Waals surface area contributed by atoms with Crippen LogP contribution in [-0.4, -0.2) is 6.54 Å². The van der Waals surface area contributed by atoms with Crippen molar-refractivity contribution >= 4 is 34.5 Å². The topological polar surface area (TPSA) is 12.0 Å². The lowest BCUT2D eigenvalue weighted by atomic mass is 10.0. The molecule has 1 atom stereocenters. The monoisotopic (exact) mass is 313 g/mol. The molecule has 0 aliphatic carbocycles. The standard InChI is InChI=1S/C15H17Cl2NS/c1-4-18-14(15-9(2)7-10(3)19-15)11-5-6-12(16)13(17)8-11/h5-8,14,18H,4H2,1-3H3. The van der Waals surface area contributed by atoms with Crippen molar-refractivity contribution < 1.29 is 0 Å². The number of hydrogen-bond acceptors (Lipinski definition) is 2. The summed E-state index contributed by atoms with van der Waals surface area (Å²) < 4.78 is 0. The Morgan fingerprint density at radius 1 is 1.16 bits per heavy atom. The second kappa shape index (κ2) is 6.27. The van der Waals surface area contributed by atoms with Gasteiger partial charge in [-0.2, -0.15) is 0 Å². The Morgan fingerprint density at radius 3 is 2.42 bits per heavy atom. The number of hydrogen-bond donors (Lipinski definition) is 1. The minimum Gasteiger partial charge on any atom is -0.306 e. The maximum absolute atomic E-state index is 6.13. The van der Waals surface area contributed by atoms with E-state index in [1.54, 1.807) is 0 Å². The zero-order valence-corrected chi connectivity index (χ0v) is 13.6. The van der Waals surface area contributed by atoms with Crippen LogP contribution in [-0.2, 0) is 0 Å². The molecule has 1 nitrogen and oxygen atoms in total. The third-order valence-electron chi connectivity index (χ3n) is 3.03. The molecule has 1 unspecified atom stereocenters. The van der Waals surface area contributed by atoms with Gasteiger partial charge in [-0.05, 0) is 49.7 Å². The molecule has 0 saturated heterocycles. The Kier molecular flexibility index (Phi) is 4.91. The molecule has 2 aromatic rings. The van der Waals surface area contributed by atoms with Gasteiger partial charge in [-0.25, -0.2) is 0 Å². The first-order valence-corrected chi connectivity index (χ1v) is 7.85. The highest BCUT2D eigenvalue weighted by molar-refractivity contribution is 7.12. The summed E-state index contributed by atoms with van der Waals surface area (Å²) in [7, 11) is 0. The fourth-order valence-corrected chi connectivity index (χ4v) is 3.65. The van der Waals surface area contributed by atoms with Crippen LogP contribution in [0.5, 0.6) is 0 Å². The molecular weight excluding hydrogens is 297 g/mol. The van der Waals surface area contributed by atoms with Crippen molar-refractivity contribution in [1.29, 1.82) is 0 Å². The molecule has 1 heterocycles. The average molecular weight is 314 g/mol. The summed E-state index contributed by atoms with van der Waals surface area (Å²) in [5.41, 5.74) is 2.47. The molecule has 0 spiro atoms. The molecule has 102 valence electrons. The Bertz CT molecular complexity index is 578. The Hall–Kier alpha value is -0.540. The van der Waals surface area contributed by atoms with E-state index in [2.05, 4.69) is 32.2 Å². The van der Waals surface area contributed by atoms with Crippen LogP contribution in [0.15, 0.2) is 24.3 Å². The van der Waals surface area contributed by atoms with E-state index < -0.39 is 0 Å². The molecule has 0 aliphatic heterocycles. The van der Waals surface area contributed by atoms with E-state index >= 15 is 0 Å². The van der Waals surface area contributed by atoms with Crippen molar-refractivity contribution in [2.24, 2.45) is 0 Å². The van der Waals surface area contributed by atoms with Crippen LogP contribution in [0.2, 0.25) is 10.0 Å². The molecule has 4 heteroatoms. The van der Waals surface area contributed by atoms with Crippen LogP contribution in [0, 0.1) is 13.8 Å². The predicted molar refractivity (Wildman–Crippen MR) is 85.8 cm³/mol. The normalized spacial score (nSPS) is 12.7. The second-order valence-electron chi connectivity index (χ2n) is 4.57. The summed E-state index contributed by atoms with van der Waals surface area (Å²) in [6, 6.07) is 8.25. The molecule has 0 aliphatic rings. The van der Waals surface area contributed by atoms with E-state index in [0.717, 1.165) is 12.1 Å². The summed E-state index contributed by atoms with van der Waals surface area (Å²) in [4.78, 5) is 2.67. The summed E-state index contributed by atoms with van der Waals surface area (Å²) >= 11 is 14.0. The van der Waals surface area contributed by atoms with Gasteiger partial charge < -0.3 is 5.32 Å². The van der Waals surface area contributed by atoms with Gasteiger partial charge in [0.2, 0.25) is 0 Å². The summed E-state index contributed by atoms with van der Waals surface area (Å²) in [6.45, 7) is 7.31. The second-order valence-corrected chi connectivity index (χ2v) is 6.67. The van der Waals surface area contributed by atoms with Gasteiger partial charge in [0, 0.05) is 9.75 Å². The minimum atomic E-state index is 0.179. The first-order chi connectivity index (χ1) is 9.02. The zero-order chi connectivity index (χ0) is 14.0. The molecule has 1 N–H and O–H groups in total. The van der Waals surface area contributed by atoms with Crippen LogP contribution in [0.25, 0.3) is 0 Å². The molecule has 0 radical (unpaired) electrons. The maximum Gasteiger partial charge on any atom is 0.0674 e. The molecule has 0 saturated carbocycles. The summed E-state index contributed by atoms with van der Waals surface area (Å²) in [5, 5.41) is 4.73. The third-order valence-corrected chi connectivity index (χ3v) is 4.98. The van der Waals surface area contributed by atoms with E-state index in [0.29, 0.717) is 10.0 Å². The van der Waals surface area contributed by atoms with Crippen LogP contribution in [0.4, 0.5) is 0 Å². The molecule has 0 amide bonds. The van der Waals surface area contributed by atoms with Crippen LogP contribution in [0.1, 0.15) is 33.8 Å². The highest BCUT2D eigenvalue weighted by Crippen LogP contribution is 2.34. The fraction of sp³-hybridized carbons (Fsp3) is 0.333. The molecule has 0 bridgehead atoms. The predicted octanol–water partition coefficient (Wildman–Crippen LogP) is 5.37. The summed E-state index contributed by atoms with van der Waals surface area (Å²) in [5.74, 6) is 0. The van der Waals surface area contributed by atoms with Gasteiger partial charge in [0.15, 0.2) is 0 Å². The molecule has 19 heavy (non-hydrogen) atoms. The lowest BCUT2D eigenvalue weighted by Gasteiger charge is -2.18. The van der Waals surface area contributed by atoms with Crippen molar-refractivity contribution in [3.8, 4) is 0 Å². The fourth-order valence-electron chi connectivity index (χ4n) is 2.20. The molecule has 1 aromatic carbocycles. The smallest absolute Gasteiger partial charge is 0.0674 e. The number of aryl methyl sites for hydroxylation is 2. The van der Waals surface area contributed by atoms with E-state index in [4.69, 9.17) is 23.2 Å². The highest BCUT2D eigenvalue weighted by atomic mass is 35.5. The van der Waals surface area contributed by atoms with Gasteiger partial charge in [-0.1, -0.05) is 36.2 Å². The number of nitrogens with one attached hydrogen (secondary N) is 1. The zero-order valence-electron chi connectivity index (χ0n) is 11.3. The average Bonchev–Trinajstić information content (AvgIpc) is 2.69. The van der Waals surface area contributed by atoms with E-state index in [1.165, 1.54) is 15.3 Å². The quantitative estimate of drug-likeness (QED) is 0.800. The van der Waals surface area contributed by atoms with Crippen molar-refractivity contribution in [1.82, 2.24) is 5.32 Å². The molecular formula is C15H17Cl2NS. The van der Waals surface area contributed by atoms with Crippen molar-refractivity contribution in [2.75, 3.05) is 6.54 Å². The molecule has 2 rings (SSSR count). The first-order valence-electron chi connectivity index (χ1n) is 6.28. The number of rotatable bonds is 4. The number of benzene rings is 1. The van der Waals surface area contributed by atoms with Gasteiger partial charge >= 0.3 is 0 Å². The van der Waals surface area contributed by atoms with Gasteiger partial charge in [0.1, 0.15) is 0 Å². The van der Waals surface area contributed by atoms with Crippen molar-refractivity contribution in [3.05, 3.63) is 55.2 Å². The molecule has 0 fully saturated rings. The van der Waals surface area contributed by atoms with Gasteiger partial charge in [0.05, 0.1) is 16.1 Å². The Balaban J connectivity index is 2.44. The van der Waals surface area contributed by atoms with Gasteiger partial charge in [-0.3, -0.25) is 0 Å². The molecule has 1 aromatic heterocycles. The van der Waals surface area contributed by atoms with Gasteiger partial charge in [0.25, 0.3) is 0 Å². The van der Waals surface area contributed by atoms with Crippen LogP contribution >= 0.6 is 34.5 Å². The largest absolute Gasteiger partial charge is 0.306 e. The van der Waals surface area contributed by atoms with Crippen LogP contribution < -0.4 is 5.32 Å². The number of thiophene rings is 1. The van der Waals surface area contributed by atoms with Crippen LogP contribution in [0.3, 0.4) is 0 Å². The van der Waals surface area contributed by atoms with E-state index in [9.17, 15) is 0 Å². The Morgan fingerprint density at radius 2 is 1.89 bits per heavy atom. The Labute approximate surface area is 128 Å². The first kappa shape index (κ1) is 14.9. The lowest BCUT2D eigenvalue weighted by molar-refractivity contribution is 0.637. The summed E-state index contributed by atoms with van der Waals surface area (Å²) in [6.07, 6.45) is 0. The van der Waals surface area contributed by atoms with E-state index in [-0.39, 0.29) is 6.04 Å². The maximum atomic E-state index is 6.13. The van der Waals surface area contributed by atoms with Gasteiger partial charge in [-0.15, -0.1) is 11.3 Å². The number of halogens is 2. The van der Waals surface area contributed by atoms with E-state index in [1.807, 2.05) is 29.5 Å². The highest BCUT2D eigenvalue weighted by Gasteiger charge is 2.18. The minimum absolute atomic E-state index is 0.179.